The van der Waals surface area contributed by atoms with E-state index >= 15 is 0 Å². The van der Waals surface area contributed by atoms with Gasteiger partial charge in [-0.3, -0.25) is 4.79 Å². The second-order valence-electron chi connectivity index (χ2n) is 7.36. The van der Waals surface area contributed by atoms with Crippen molar-refractivity contribution in [3.05, 3.63) is 77.5 Å². The third-order valence-corrected chi connectivity index (χ3v) is 5.60. The highest BCUT2D eigenvalue weighted by Crippen LogP contribution is 2.45. The summed E-state index contributed by atoms with van der Waals surface area (Å²) in [6, 6.07) is 13.0. The Morgan fingerprint density at radius 2 is 1.93 bits per heavy atom. The second-order valence-corrected chi connectivity index (χ2v) is 7.36. The normalized spacial score (nSPS) is 19.7. The lowest BCUT2D eigenvalue weighted by atomic mass is 9.85. The minimum atomic E-state index is -0.545. The van der Waals surface area contributed by atoms with Gasteiger partial charge in [-0.05, 0) is 67.6 Å². The van der Waals surface area contributed by atoms with E-state index in [-0.39, 0.29) is 11.7 Å². The zero-order valence-electron chi connectivity index (χ0n) is 16.8. The molecular formula is C24H26N2O3. The fourth-order valence-electron chi connectivity index (χ4n) is 3.98. The van der Waals surface area contributed by atoms with E-state index in [2.05, 4.69) is 11.4 Å². The van der Waals surface area contributed by atoms with Gasteiger partial charge in [0.2, 0.25) is 0 Å². The number of phenols is 1. The van der Waals surface area contributed by atoms with Gasteiger partial charge in [0, 0.05) is 31.6 Å². The highest BCUT2D eigenvalue weighted by molar-refractivity contribution is 5.95. The molecule has 5 nitrogen and oxygen atoms in total. The molecule has 0 unspecified atom stereocenters. The Morgan fingerprint density at radius 1 is 1.17 bits per heavy atom. The van der Waals surface area contributed by atoms with Crippen molar-refractivity contribution in [1.82, 2.24) is 10.2 Å². The first kappa shape index (κ1) is 19.1. The Balaban J connectivity index is 1.77. The summed E-state index contributed by atoms with van der Waals surface area (Å²) in [6.45, 7) is 6.14. The number of carbonyl (C=O) groups is 1. The molecule has 5 heteroatoms. The average Bonchev–Trinajstić information content (AvgIpc) is 2.74. The average molecular weight is 390 g/mol. The molecule has 4 rings (SSSR count). The molecule has 0 radical (unpaired) electrons. The van der Waals surface area contributed by atoms with Crippen molar-refractivity contribution in [3.63, 3.8) is 0 Å². The van der Waals surface area contributed by atoms with E-state index in [9.17, 15) is 9.90 Å². The quantitative estimate of drug-likeness (QED) is 0.830. The number of nitrogens with one attached hydrogen (secondary N) is 1. The minimum absolute atomic E-state index is 0.0310. The Bertz CT molecular complexity index is 974. The van der Waals surface area contributed by atoms with E-state index in [1.165, 1.54) is 0 Å². The predicted octanol–water partition coefficient (Wildman–Crippen LogP) is 3.94. The number of carbonyl (C=O) groups excluding carboxylic acids is 1. The molecule has 0 aromatic heterocycles. The number of hydrogen-bond acceptors (Lipinski definition) is 4. The number of benzene rings is 2. The maximum Gasteiger partial charge on any atom is 0.253 e. The summed E-state index contributed by atoms with van der Waals surface area (Å²) < 4.78 is 6.29. The van der Waals surface area contributed by atoms with Crippen molar-refractivity contribution in [2.75, 3.05) is 19.6 Å². The summed E-state index contributed by atoms with van der Waals surface area (Å²) in [5.74, 6) is 0.880. The zero-order chi connectivity index (χ0) is 20.4. The molecule has 1 atom stereocenters. The monoisotopic (exact) mass is 390 g/mol. The van der Waals surface area contributed by atoms with Crippen LogP contribution in [0.25, 0.3) is 5.57 Å². The van der Waals surface area contributed by atoms with Crippen LogP contribution < -0.4 is 10.1 Å². The van der Waals surface area contributed by atoms with Gasteiger partial charge in [-0.15, -0.1) is 0 Å². The van der Waals surface area contributed by atoms with E-state index < -0.39 is 5.60 Å². The molecule has 150 valence electrons. The minimum Gasteiger partial charge on any atom is -0.507 e. The number of rotatable bonds is 4. The highest BCUT2D eigenvalue weighted by Gasteiger charge is 2.35. The van der Waals surface area contributed by atoms with Gasteiger partial charge in [-0.1, -0.05) is 18.2 Å². The van der Waals surface area contributed by atoms with E-state index in [0.717, 1.165) is 24.1 Å². The van der Waals surface area contributed by atoms with Crippen molar-refractivity contribution in [1.29, 1.82) is 0 Å². The van der Waals surface area contributed by atoms with Crippen LogP contribution in [-0.2, 0) is 0 Å². The van der Waals surface area contributed by atoms with Crippen LogP contribution in [0.15, 0.2) is 60.8 Å². The van der Waals surface area contributed by atoms with Crippen LogP contribution in [0.2, 0.25) is 0 Å². The molecule has 0 saturated carbocycles. The lowest BCUT2D eigenvalue weighted by molar-refractivity contribution is 0.0773. The first-order valence-corrected chi connectivity index (χ1v) is 10.1. The number of fused-ring (bicyclic) bond motifs is 1. The summed E-state index contributed by atoms with van der Waals surface area (Å²) in [5.41, 5.74) is 2.67. The van der Waals surface area contributed by atoms with Gasteiger partial charge in [-0.25, -0.2) is 0 Å². The smallest absolute Gasteiger partial charge is 0.253 e. The van der Waals surface area contributed by atoms with Crippen LogP contribution >= 0.6 is 0 Å². The summed E-state index contributed by atoms with van der Waals surface area (Å²) in [7, 11) is 0. The molecule has 0 bridgehead atoms. The third-order valence-electron chi connectivity index (χ3n) is 5.60. The van der Waals surface area contributed by atoms with Gasteiger partial charge in [0.15, 0.2) is 0 Å². The molecule has 0 fully saturated rings. The maximum atomic E-state index is 12.6. The highest BCUT2D eigenvalue weighted by atomic mass is 16.5. The Hall–Kier alpha value is -3.21. The van der Waals surface area contributed by atoms with Crippen molar-refractivity contribution < 1.29 is 14.6 Å². The maximum absolute atomic E-state index is 12.6. The topological polar surface area (TPSA) is 61.8 Å². The molecule has 2 N–H and O–H groups in total. The fraction of sp³-hybridized carbons (Fsp3) is 0.292. The molecule has 2 aliphatic heterocycles. The van der Waals surface area contributed by atoms with Crippen molar-refractivity contribution in [2.24, 2.45) is 0 Å². The fourth-order valence-corrected chi connectivity index (χ4v) is 3.98. The largest absolute Gasteiger partial charge is 0.507 e. The van der Waals surface area contributed by atoms with Gasteiger partial charge < -0.3 is 20.1 Å². The summed E-state index contributed by atoms with van der Waals surface area (Å²) in [6.07, 6.45) is 6.80. The van der Waals surface area contributed by atoms with E-state index in [1.54, 1.807) is 17.0 Å². The molecule has 0 aliphatic carbocycles. The number of ether oxygens (including phenoxy) is 1. The standard InChI is InChI=1S/C24H26N2O3/c1-3-26(4-2)23(28)18-10-8-17(9-11-18)19-16-24(12-14-25-15-13-24)29-21-7-5-6-20(27)22(19)21/h5-12,14,16,25,27H,3-4,13,15H2,1-2H3/t24-/m1/s1. The Morgan fingerprint density at radius 3 is 2.59 bits per heavy atom. The second kappa shape index (κ2) is 7.66. The van der Waals surface area contributed by atoms with Crippen molar-refractivity contribution >= 4 is 11.5 Å². The first-order valence-electron chi connectivity index (χ1n) is 10.1. The third kappa shape index (κ3) is 3.48. The Kier molecular flexibility index (Phi) is 5.05. The van der Waals surface area contributed by atoms with Crippen LogP contribution in [-0.4, -0.2) is 41.1 Å². The molecular weight excluding hydrogens is 364 g/mol. The number of amides is 1. The molecule has 0 saturated heterocycles. The van der Waals surface area contributed by atoms with Crippen molar-refractivity contribution in [2.45, 2.75) is 25.9 Å². The number of aromatic hydroxyl groups is 1. The summed E-state index contributed by atoms with van der Waals surface area (Å²) in [4.78, 5) is 14.4. The molecule has 2 aliphatic rings. The van der Waals surface area contributed by atoms with Crippen LogP contribution in [0.5, 0.6) is 11.5 Å². The SMILES string of the molecule is CCN(CC)C(=O)c1ccc(C2=C[C@]3(C=CNCC3)Oc3cccc(O)c32)cc1. The Labute approximate surface area is 171 Å². The van der Waals surface area contributed by atoms with Crippen LogP contribution in [0.3, 0.4) is 0 Å². The van der Waals surface area contributed by atoms with E-state index in [1.807, 2.05) is 56.5 Å². The van der Waals surface area contributed by atoms with Gasteiger partial charge in [0.25, 0.3) is 5.91 Å². The molecule has 2 aromatic rings. The summed E-state index contributed by atoms with van der Waals surface area (Å²) >= 11 is 0. The molecule has 2 heterocycles. The van der Waals surface area contributed by atoms with Gasteiger partial charge in [0.05, 0.1) is 5.56 Å². The predicted molar refractivity (Wildman–Crippen MR) is 114 cm³/mol. The first-order chi connectivity index (χ1) is 14.1. The number of nitrogens with zero attached hydrogens (tertiary/aromatic N) is 1. The number of phenolic OH excluding ortho intramolecular Hbond substituents is 1. The molecule has 29 heavy (non-hydrogen) atoms. The van der Waals surface area contributed by atoms with Gasteiger partial charge in [0.1, 0.15) is 17.1 Å². The van der Waals surface area contributed by atoms with E-state index in [4.69, 9.17) is 4.74 Å². The van der Waals surface area contributed by atoms with Crippen LogP contribution in [0.1, 0.15) is 41.8 Å². The molecule has 2 aromatic carbocycles. The van der Waals surface area contributed by atoms with E-state index in [0.29, 0.717) is 30.0 Å². The lowest BCUT2D eigenvalue weighted by Crippen LogP contribution is -2.40. The summed E-state index contributed by atoms with van der Waals surface area (Å²) in [5, 5.41) is 13.7. The van der Waals surface area contributed by atoms with Gasteiger partial charge >= 0.3 is 0 Å². The number of hydrogen-bond donors (Lipinski definition) is 2. The van der Waals surface area contributed by atoms with Crippen molar-refractivity contribution in [3.8, 4) is 11.5 Å². The molecule has 1 spiro atoms. The van der Waals surface area contributed by atoms with Gasteiger partial charge in [-0.2, -0.15) is 0 Å². The zero-order valence-corrected chi connectivity index (χ0v) is 16.8. The molecule has 1 amide bonds. The lowest BCUT2D eigenvalue weighted by Gasteiger charge is -2.37. The van der Waals surface area contributed by atoms with Crippen LogP contribution in [0, 0.1) is 0 Å². The van der Waals surface area contributed by atoms with Crippen LogP contribution in [0.4, 0.5) is 0 Å².